The van der Waals surface area contributed by atoms with Crippen LogP contribution >= 0.6 is 0 Å². The van der Waals surface area contributed by atoms with Crippen LogP contribution < -0.4 is 28.6 Å². The first-order valence-electron chi connectivity index (χ1n) is 23.5. The number of aromatic nitrogens is 6. The number of benzene rings is 6. The minimum absolute atomic E-state index is 0.324. The molecule has 6 aromatic carbocycles. The summed E-state index contributed by atoms with van der Waals surface area (Å²) in [6.07, 6.45) is 4.51. The predicted molar refractivity (Wildman–Crippen MR) is 257 cm³/mol. The van der Waals surface area contributed by atoms with Gasteiger partial charge >= 0.3 is 11.9 Å². The number of hydrogen-bond acceptors (Lipinski definition) is 12. The minimum atomic E-state index is -0.601. The number of nitrogens with zero attached hydrogens (tertiary/aromatic N) is 6. The lowest BCUT2D eigenvalue weighted by Crippen LogP contribution is -2.22. The van der Waals surface area contributed by atoms with Crippen molar-refractivity contribution in [1.82, 2.24) is 30.3 Å². The van der Waals surface area contributed by atoms with Crippen molar-refractivity contribution < 1.29 is 38.2 Å². The maximum atomic E-state index is 14.3. The van der Waals surface area contributed by atoms with Gasteiger partial charge in [-0.25, -0.2) is 9.59 Å². The average Bonchev–Trinajstić information content (AvgIpc) is 3.96. The summed E-state index contributed by atoms with van der Waals surface area (Å²) >= 11 is 0. The fraction of sp³-hybridized carbons (Fsp3) is 0.296. The van der Waals surface area contributed by atoms with Crippen LogP contribution in [0.3, 0.4) is 0 Å². The van der Waals surface area contributed by atoms with Gasteiger partial charge in [0, 0.05) is 25.7 Å². The van der Waals surface area contributed by atoms with E-state index in [-0.39, 0.29) is 0 Å². The summed E-state index contributed by atoms with van der Waals surface area (Å²) in [5.41, 5.74) is 9.67. The van der Waals surface area contributed by atoms with E-state index in [4.69, 9.17) is 28.6 Å². The quantitative estimate of drug-likeness (QED) is 0.0850. The Morgan fingerprint density at radius 2 is 0.735 bits per heavy atom. The van der Waals surface area contributed by atoms with Gasteiger partial charge in [-0.05, 0) is 129 Å². The van der Waals surface area contributed by atoms with E-state index in [1.807, 2.05) is 97.1 Å². The summed E-state index contributed by atoms with van der Waals surface area (Å²) in [6, 6.07) is 34.2. The number of carbonyl (C=O) groups is 2. The second-order valence-corrected chi connectivity index (χ2v) is 16.8. The molecule has 8 bridgehead atoms. The highest BCUT2D eigenvalue weighted by Gasteiger charge is 2.26. The molecule has 2 aromatic heterocycles. The van der Waals surface area contributed by atoms with Crippen molar-refractivity contribution in [3.05, 3.63) is 165 Å². The van der Waals surface area contributed by atoms with E-state index >= 15 is 0 Å². The van der Waals surface area contributed by atoms with Crippen molar-refractivity contribution in [3.63, 3.8) is 0 Å². The summed E-state index contributed by atoms with van der Waals surface area (Å²) in [5, 5.41) is 16.6. The minimum Gasteiger partial charge on any atom is -0.493 e. The van der Waals surface area contributed by atoms with Gasteiger partial charge in [0.1, 0.15) is 45.1 Å². The molecule has 0 unspecified atom stereocenters. The Morgan fingerprint density at radius 3 is 1.06 bits per heavy atom. The highest BCUT2D eigenvalue weighted by atomic mass is 16.7. The first-order valence-corrected chi connectivity index (χ1v) is 23.5. The predicted octanol–water partition coefficient (Wildman–Crippen LogP) is 9.55. The summed E-state index contributed by atoms with van der Waals surface area (Å²) < 4.78 is 26.8. The van der Waals surface area contributed by atoms with Gasteiger partial charge in [-0.2, -0.15) is 0 Å². The van der Waals surface area contributed by atoms with Gasteiger partial charge in [0.15, 0.2) is 0 Å². The topological polar surface area (TPSA) is 151 Å². The summed E-state index contributed by atoms with van der Waals surface area (Å²) in [7, 11) is 0. The maximum Gasteiger partial charge on any atom is 0.365 e. The van der Waals surface area contributed by atoms with E-state index in [1.54, 1.807) is 12.1 Å². The smallest absolute Gasteiger partial charge is 0.365 e. The molecule has 348 valence electrons. The Kier molecular flexibility index (Phi) is 13.9. The Balaban J connectivity index is 1.24. The zero-order valence-electron chi connectivity index (χ0n) is 38.8. The van der Waals surface area contributed by atoms with Crippen LogP contribution in [0.2, 0.25) is 0 Å². The number of carbonyl (C=O) groups excluding carboxylic acids is 2. The van der Waals surface area contributed by atoms with Crippen molar-refractivity contribution in [3.8, 4) is 23.0 Å². The molecule has 1 aliphatic carbocycles. The van der Waals surface area contributed by atoms with Crippen molar-refractivity contribution in [2.75, 3.05) is 26.4 Å². The van der Waals surface area contributed by atoms with Crippen LogP contribution in [0.1, 0.15) is 119 Å². The summed E-state index contributed by atoms with van der Waals surface area (Å²) in [5.74, 6) is 1.58. The third-order valence-corrected chi connectivity index (χ3v) is 11.6. The Bertz CT molecular complexity index is 2810. The molecule has 0 saturated heterocycles. The van der Waals surface area contributed by atoms with E-state index in [0.29, 0.717) is 108 Å². The lowest BCUT2D eigenvalue weighted by Gasteiger charge is -2.23. The van der Waals surface area contributed by atoms with Crippen molar-refractivity contribution in [2.24, 2.45) is 0 Å². The molecule has 2 heterocycles. The van der Waals surface area contributed by atoms with Crippen LogP contribution in [0.4, 0.5) is 0 Å². The highest BCUT2D eigenvalue weighted by molar-refractivity contribution is 5.92. The van der Waals surface area contributed by atoms with Crippen LogP contribution in [-0.4, -0.2) is 68.7 Å². The zero-order valence-corrected chi connectivity index (χ0v) is 38.8. The monoisotopic (exact) mass is 914 g/mol. The van der Waals surface area contributed by atoms with Gasteiger partial charge in [0.05, 0.1) is 37.6 Å². The SMILES string of the molecule is CCCOc1c2cccc1Cc1cc(C(=O)On3nnc4ccccc43)cc(c1OCCC)Cc1cccc(c1OCCC)Cc1cc(C(=O)On3nnc4ccccc43)cc(c1OCCC)C2. The van der Waals surface area contributed by atoms with Crippen LogP contribution in [-0.2, 0) is 25.7 Å². The molecule has 0 amide bonds. The van der Waals surface area contributed by atoms with Crippen molar-refractivity contribution in [1.29, 1.82) is 0 Å². The van der Waals surface area contributed by atoms with Crippen molar-refractivity contribution >= 4 is 34.0 Å². The molecule has 0 saturated carbocycles. The van der Waals surface area contributed by atoms with Gasteiger partial charge in [-0.15, -0.1) is 10.2 Å². The Labute approximate surface area is 394 Å². The molecule has 0 atom stereocenters. The van der Waals surface area contributed by atoms with E-state index in [1.165, 1.54) is 0 Å². The molecule has 0 fully saturated rings. The summed E-state index contributed by atoms with van der Waals surface area (Å²) in [6.45, 7) is 10.1. The fourth-order valence-corrected chi connectivity index (χ4v) is 8.57. The first-order chi connectivity index (χ1) is 33.3. The molecular formula is C54H54N6O8. The van der Waals surface area contributed by atoms with Gasteiger partial charge in [-0.1, -0.05) is 98.0 Å². The zero-order chi connectivity index (χ0) is 47.0. The lowest BCUT2D eigenvalue weighted by atomic mass is 9.89. The molecule has 0 N–H and O–H groups in total. The largest absolute Gasteiger partial charge is 0.493 e. The fourth-order valence-electron chi connectivity index (χ4n) is 8.57. The molecule has 9 rings (SSSR count). The van der Waals surface area contributed by atoms with Gasteiger partial charge in [0.25, 0.3) is 0 Å². The van der Waals surface area contributed by atoms with E-state index in [0.717, 1.165) is 79.9 Å². The molecule has 0 spiro atoms. The number of ether oxygens (including phenoxy) is 4. The molecule has 14 heteroatoms. The van der Waals surface area contributed by atoms with Gasteiger partial charge in [0.2, 0.25) is 0 Å². The van der Waals surface area contributed by atoms with Crippen LogP contribution in [0, 0.1) is 0 Å². The molecule has 68 heavy (non-hydrogen) atoms. The number of rotatable bonds is 16. The van der Waals surface area contributed by atoms with Crippen molar-refractivity contribution in [2.45, 2.75) is 79.1 Å². The standard InChI is InChI=1S/C54H54N6O8/c1-5-23-63-49-35-15-13-16-36(49)28-40-32-44(54(62)68-60-48-22-12-10-20-46(48)56-58-60)34-42(52(40)66-26-8-4)30-38-18-14-17-37(50(38)64-24-6-2)29-41-33-43(31-39(27-35)51(41)65-25-7-3)53(61)67-59-47-21-11-9-19-45(47)55-57-59/h9-22,31-34H,5-8,23-30H2,1-4H3. The third kappa shape index (κ3) is 9.71. The molecular weight excluding hydrogens is 861 g/mol. The van der Waals surface area contributed by atoms with Crippen LogP contribution in [0.15, 0.2) is 109 Å². The Morgan fingerprint density at radius 1 is 0.426 bits per heavy atom. The molecule has 0 radical (unpaired) electrons. The molecule has 14 nitrogen and oxygen atoms in total. The van der Waals surface area contributed by atoms with E-state index in [2.05, 4.69) is 48.3 Å². The molecule has 8 aromatic rings. The average molecular weight is 915 g/mol. The second kappa shape index (κ2) is 20.8. The second-order valence-electron chi connectivity index (χ2n) is 16.8. The molecule has 1 aliphatic rings. The van der Waals surface area contributed by atoms with Gasteiger partial charge < -0.3 is 28.6 Å². The van der Waals surface area contributed by atoms with E-state index in [9.17, 15) is 9.59 Å². The lowest BCUT2D eigenvalue weighted by molar-refractivity contribution is 0.0400. The summed E-state index contributed by atoms with van der Waals surface area (Å²) in [4.78, 5) is 42.8. The van der Waals surface area contributed by atoms with Crippen LogP contribution in [0.25, 0.3) is 22.1 Å². The third-order valence-electron chi connectivity index (χ3n) is 11.6. The number of fused-ring (bicyclic) bond motifs is 10. The maximum absolute atomic E-state index is 14.3. The van der Waals surface area contributed by atoms with Gasteiger partial charge in [-0.3, -0.25) is 0 Å². The normalized spacial score (nSPS) is 12.2. The first kappa shape index (κ1) is 45.4. The Hall–Kier alpha value is -7.74. The number of para-hydroxylation sites is 4. The number of hydrogen-bond donors (Lipinski definition) is 0. The highest BCUT2D eigenvalue weighted by Crippen LogP contribution is 2.40. The van der Waals surface area contributed by atoms with Crippen LogP contribution in [0.5, 0.6) is 23.0 Å². The van der Waals surface area contributed by atoms with E-state index < -0.39 is 11.9 Å². The molecule has 0 aliphatic heterocycles.